The number of ether oxygens (including phenoxy) is 2. The predicted octanol–water partition coefficient (Wildman–Crippen LogP) is 4.87. The van der Waals surface area contributed by atoms with Crippen molar-refractivity contribution in [1.82, 2.24) is 24.6 Å². The minimum absolute atomic E-state index is 0.00140. The summed E-state index contributed by atoms with van der Waals surface area (Å²) in [6, 6.07) is 7.89. The molecule has 1 aliphatic heterocycles. The van der Waals surface area contributed by atoms with Crippen molar-refractivity contribution in [3.05, 3.63) is 53.9 Å². The molecule has 10 nitrogen and oxygen atoms in total. The molecule has 0 radical (unpaired) electrons. The van der Waals surface area contributed by atoms with Gasteiger partial charge in [0.1, 0.15) is 29.7 Å². The van der Waals surface area contributed by atoms with E-state index in [0.29, 0.717) is 45.2 Å². The summed E-state index contributed by atoms with van der Waals surface area (Å²) < 4.78 is 52.9. The number of hydrogen-bond acceptors (Lipinski definition) is 9. The Morgan fingerprint density at radius 2 is 1.80 bits per heavy atom. The molecule has 6 rings (SSSR count). The lowest BCUT2D eigenvalue weighted by Crippen LogP contribution is -2.43. The van der Waals surface area contributed by atoms with E-state index in [9.17, 15) is 18.3 Å². The average molecular weight is 554 g/mol. The molecule has 1 saturated carbocycles. The Labute approximate surface area is 226 Å². The maximum absolute atomic E-state index is 13.5. The fourth-order valence-corrected chi connectivity index (χ4v) is 5.10. The number of amidine groups is 1. The molecular weight excluding hydrogens is 527 g/mol. The second kappa shape index (κ2) is 9.37. The van der Waals surface area contributed by atoms with E-state index in [1.165, 1.54) is 26.6 Å². The molecule has 0 bridgehead atoms. The maximum atomic E-state index is 13.5. The molecule has 1 aliphatic carbocycles. The van der Waals surface area contributed by atoms with Crippen molar-refractivity contribution in [2.75, 3.05) is 20.0 Å². The first-order valence-corrected chi connectivity index (χ1v) is 12.6. The van der Waals surface area contributed by atoms with Gasteiger partial charge in [0, 0.05) is 17.2 Å². The van der Waals surface area contributed by atoms with Crippen LogP contribution in [0.15, 0.2) is 47.7 Å². The zero-order chi connectivity index (χ0) is 28.3. The molecule has 0 saturated heterocycles. The third-order valence-electron chi connectivity index (χ3n) is 7.25. The second-order valence-corrected chi connectivity index (χ2v) is 9.75. The minimum Gasteiger partial charge on any atom is -0.493 e. The number of halogens is 3. The van der Waals surface area contributed by atoms with Crippen LogP contribution in [-0.2, 0) is 6.18 Å². The van der Waals surface area contributed by atoms with Crippen LogP contribution >= 0.6 is 0 Å². The van der Waals surface area contributed by atoms with Crippen molar-refractivity contribution in [2.45, 2.75) is 44.3 Å². The van der Waals surface area contributed by atoms with E-state index in [-0.39, 0.29) is 17.5 Å². The van der Waals surface area contributed by atoms with Crippen LogP contribution in [0.2, 0.25) is 0 Å². The van der Waals surface area contributed by atoms with Gasteiger partial charge in [0.15, 0.2) is 23.4 Å². The Hall–Kier alpha value is -4.39. The van der Waals surface area contributed by atoms with Crippen molar-refractivity contribution in [3.8, 4) is 22.8 Å². The first-order chi connectivity index (χ1) is 19.1. The number of aromatic nitrogens is 4. The number of hydrogen-bond donors (Lipinski definition) is 2. The molecule has 1 fully saturated rings. The van der Waals surface area contributed by atoms with Crippen molar-refractivity contribution in [2.24, 2.45) is 4.99 Å². The first kappa shape index (κ1) is 25.9. The number of fused-ring (bicyclic) bond motifs is 2. The molecule has 40 heavy (non-hydrogen) atoms. The third-order valence-corrected chi connectivity index (χ3v) is 7.25. The molecule has 3 N–H and O–H groups in total. The van der Waals surface area contributed by atoms with Gasteiger partial charge in [-0.1, -0.05) is 6.07 Å². The standard InChI is InChI=1S/C27H26F3N7O3/c1-13(24-34-18-11-15(27(28,29)30)5-8-17(18)26(38)36(24)16-6-7-16)37-25-21(23(31)32-12-33-25)22(35-37)14-4-9-19(39-2)20(10-14)40-3/h4-5,8-13,16,26,38H,6-7H2,1-3H3,(H2,31,32,33). The molecule has 13 heteroatoms. The fourth-order valence-electron chi connectivity index (χ4n) is 5.10. The monoisotopic (exact) mass is 553 g/mol. The van der Waals surface area contributed by atoms with Gasteiger partial charge < -0.3 is 25.2 Å². The van der Waals surface area contributed by atoms with Crippen molar-refractivity contribution < 1.29 is 27.8 Å². The van der Waals surface area contributed by atoms with E-state index >= 15 is 0 Å². The molecule has 208 valence electrons. The van der Waals surface area contributed by atoms with Crippen molar-refractivity contribution in [1.29, 1.82) is 0 Å². The van der Waals surface area contributed by atoms with E-state index in [1.807, 2.05) is 6.92 Å². The molecule has 2 atom stereocenters. The van der Waals surface area contributed by atoms with E-state index < -0.39 is 24.0 Å². The maximum Gasteiger partial charge on any atom is 0.416 e. The summed E-state index contributed by atoms with van der Waals surface area (Å²) in [6.07, 6.45) is -2.74. The number of aliphatic hydroxyl groups excluding tert-OH is 1. The number of alkyl halides is 3. The zero-order valence-corrected chi connectivity index (χ0v) is 21.8. The lowest BCUT2D eigenvalue weighted by Gasteiger charge is -2.37. The molecule has 0 amide bonds. The Morgan fingerprint density at radius 1 is 1.05 bits per heavy atom. The summed E-state index contributed by atoms with van der Waals surface area (Å²) in [5.41, 5.74) is 7.39. The van der Waals surface area contributed by atoms with Crippen LogP contribution < -0.4 is 15.2 Å². The van der Waals surface area contributed by atoms with Gasteiger partial charge in [-0.25, -0.2) is 19.6 Å². The van der Waals surface area contributed by atoms with E-state index in [0.717, 1.165) is 25.0 Å². The lowest BCUT2D eigenvalue weighted by atomic mass is 10.0. The predicted molar refractivity (Wildman–Crippen MR) is 141 cm³/mol. The largest absolute Gasteiger partial charge is 0.493 e. The Kier molecular flexibility index (Phi) is 6.06. The van der Waals surface area contributed by atoms with Gasteiger partial charge in [-0.2, -0.15) is 18.3 Å². The molecule has 2 aliphatic rings. The molecule has 4 aromatic rings. The van der Waals surface area contributed by atoms with Crippen LogP contribution in [0.5, 0.6) is 11.5 Å². The van der Waals surface area contributed by atoms with Gasteiger partial charge in [-0.15, -0.1) is 0 Å². The van der Waals surface area contributed by atoms with Gasteiger partial charge >= 0.3 is 6.18 Å². The van der Waals surface area contributed by atoms with Crippen LogP contribution in [0.25, 0.3) is 22.3 Å². The Balaban J connectivity index is 1.52. The Morgan fingerprint density at radius 3 is 2.48 bits per heavy atom. The van der Waals surface area contributed by atoms with E-state index in [4.69, 9.17) is 20.3 Å². The van der Waals surface area contributed by atoms with Crippen LogP contribution in [0.1, 0.15) is 43.2 Å². The highest BCUT2D eigenvalue weighted by Gasteiger charge is 2.42. The smallest absolute Gasteiger partial charge is 0.416 e. The summed E-state index contributed by atoms with van der Waals surface area (Å²) in [6.45, 7) is 1.81. The van der Waals surface area contributed by atoms with Crippen LogP contribution in [0.4, 0.5) is 24.7 Å². The molecule has 2 aromatic heterocycles. The summed E-state index contributed by atoms with van der Waals surface area (Å²) >= 11 is 0. The molecule has 0 spiro atoms. The highest BCUT2D eigenvalue weighted by molar-refractivity contribution is 6.00. The summed E-state index contributed by atoms with van der Waals surface area (Å²) in [4.78, 5) is 15.0. The van der Waals surface area contributed by atoms with Gasteiger partial charge in [0.05, 0.1) is 30.9 Å². The van der Waals surface area contributed by atoms with E-state index in [1.54, 1.807) is 27.8 Å². The molecule has 3 heterocycles. The molecule has 2 aromatic carbocycles. The van der Waals surface area contributed by atoms with Crippen LogP contribution in [0, 0.1) is 0 Å². The normalized spacial score (nSPS) is 17.9. The zero-order valence-electron chi connectivity index (χ0n) is 21.8. The number of nitrogens with two attached hydrogens (primary N) is 1. The van der Waals surface area contributed by atoms with Gasteiger partial charge in [-0.05, 0) is 50.1 Å². The minimum atomic E-state index is -4.55. The number of nitrogens with zero attached hydrogens (tertiary/aromatic N) is 6. The number of nitrogen functional groups attached to an aromatic ring is 1. The third kappa shape index (κ3) is 4.17. The van der Waals surface area contributed by atoms with Crippen LogP contribution in [0.3, 0.4) is 0 Å². The number of aliphatic imine (C=N–C) groups is 1. The number of anilines is 1. The van der Waals surface area contributed by atoms with Crippen LogP contribution in [-0.4, -0.2) is 55.9 Å². The SMILES string of the molecule is COc1ccc(-c2nn(C(C)C3=Nc4cc(C(F)(F)F)ccc4C(O)N3C3CC3)c3ncnc(N)c23)cc1OC. The molecular formula is C27H26F3N7O3. The summed E-state index contributed by atoms with van der Waals surface area (Å²) in [5, 5.41) is 16.6. The highest BCUT2D eigenvalue weighted by atomic mass is 19.4. The fraction of sp³-hybridized carbons (Fsp3) is 0.333. The number of methoxy groups -OCH3 is 2. The second-order valence-electron chi connectivity index (χ2n) is 9.75. The Bertz CT molecular complexity index is 1650. The highest BCUT2D eigenvalue weighted by Crippen LogP contribution is 2.45. The number of rotatable bonds is 6. The average Bonchev–Trinajstić information content (AvgIpc) is 3.70. The van der Waals surface area contributed by atoms with E-state index in [2.05, 4.69) is 15.0 Å². The number of benzene rings is 2. The summed E-state index contributed by atoms with van der Waals surface area (Å²) in [5.74, 6) is 1.61. The summed E-state index contributed by atoms with van der Waals surface area (Å²) in [7, 11) is 3.06. The first-order valence-electron chi connectivity index (χ1n) is 12.6. The molecule has 2 unspecified atom stereocenters. The quantitative estimate of drug-likeness (QED) is 0.347. The van der Waals surface area contributed by atoms with Gasteiger partial charge in [0.25, 0.3) is 0 Å². The van der Waals surface area contributed by atoms with Crippen molar-refractivity contribution >= 4 is 28.4 Å². The van der Waals surface area contributed by atoms with Gasteiger partial charge in [0.2, 0.25) is 0 Å². The van der Waals surface area contributed by atoms with Gasteiger partial charge in [-0.3, -0.25) is 0 Å². The van der Waals surface area contributed by atoms with Crippen molar-refractivity contribution in [3.63, 3.8) is 0 Å². The lowest BCUT2D eigenvalue weighted by molar-refractivity contribution is -0.137. The number of aliphatic hydroxyl groups is 1. The topological polar surface area (TPSA) is 124 Å².